The maximum Gasteiger partial charge on any atom is 0.317 e. The Labute approximate surface area is 133 Å². The standard InChI is InChI=1S/C15H17ClN2O2S/c1-10(2)18(8-15(19)20)7-14-17-13(9-21-14)11-5-3-4-6-12(11)16/h3-6,9-10H,7-8H2,1-2H3,(H,19,20). The lowest BCUT2D eigenvalue weighted by molar-refractivity contribution is -0.138. The van der Waals surface area contributed by atoms with Crippen LogP contribution in [0.25, 0.3) is 11.3 Å². The van der Waals surface area contributed by atoms with Crippen molar-refractivity contribution in [2.45, 2.75) is 26.4 Å². The van der Waals surface area contributed by atoms with Gasteiger partial charge >= 0.3 is 5.97 Å². The summed E-state index contributed by atoms with van der Waals surface area (Å²) in [4.78, 5) is 17.3. The van der Waals surface area contributed by atoms with Gasteiger partial charge in [0.05, 0.1) is 18.8 Å². The molecule has 112 valence electrons. The Morgan fingerprint density at radius 3 is 2.76 bits per heavy atom. The van der Waals surface area contributed by atoms with Crippen molar-refractivity contribution in [3.63, 3.8) is 0 Å². The molecular weight excluding hydrogens is 308 g/mol. The molecule has 2 aromatic rings. The molecule has 1 heterocycles. The summed E-state index contributed by atoms with van der Waals surface area (Å²) in [6, 6.07) is 7.71. The van der Waals surface area contributed by atoms with Crippen molar-refractivity contribution < 1.29 is 9.90 Å². The maximum absolute atomic E-state index is 10.9. The van der Waals surface area contributed by atoms with Crippen molar-refractivity contribution in [3.05, 3.63) is 39.7 Å². The van der Waals surface area contributed by atoms with E-state index in [1.165, 1.54) is 11.3 Å². The Kier molecular flexibility index (Phi) is 5.33. The van der Waals surface area contributed by atoms with Crippen LogP contribution in [0.3, 0.4) is 0 Å². The van der Waals surface area contributed by atoms with Gasteiger partial charge in [-0.25, -0.2) is 4.98 Å². The number of hydrogen-bond donors (Lipinski definition) is 1. The normalized spacial score (nSPS) is 11.3. The van der Waals surface area contributed by atoms with Gasteiger partial charge in [0, 0.05) is 22.0 Å². The van der Waals surface area contributed by atoms with Gasteiger partial charge in [-0.1, -0.05) is 29.8 Å². The fourth-order valence-corrected chi connectivity index (χ4v) is 3.00. The molecule has 0 fully saturated rings. The molecule has 0 atom stereocenters. The van der Waals surface area contributed by atoms with Crippen LogP contribution in [0.15, 0.2) is 29.6 Å². The molecule has 1 aromatic carbocycles. The van der Waals surface area contributed by atoms with E-state index in [1.54, 1.807) is 0 Å². The van der Waals surface area contributed by atoms with E-state index in [9.17, 15) is 4.79 Å². The summed E-state index contributed by atoms with van der Waals surface area (Å²) in [5.41, 5.74) is 1.73. The molecule has 0 bridgehead atoms. The summed E-state index contributed by atoms with van der Waals surface area (Å²) in [6.45, 7) is 4.49. The molecule has 0 radical (unpaired) electrons. The Morgan fingerprint density at radius 1 is 1.43 bits per heavy atom. The largest absolute Gasteiger partial charge is 0.480 e. The van der Waals surface area contributed by atoms with Gasteiger partial charge in [-0.3, -0.25) is 9.69 Å². The molecule has 0 aliphatic rings. The van der Waals surface area contributed by atoms with E-state index in [4.69, 9.17) is 16.7 Å². The monoisotopic (exact) mass is 324 g/mol. The van der Waals surface area contributed by atoms with Crippen molar-refractivity contribution in [2.75, 3.05) is 6.54 Å². The number of halogens is 1. The molecular formula is C15H17ClN2O2S. The highest BCUT2D eigenvalue weighted by Gasteiger charge is 2.16. The highest BCUT2D eigenvalue weighted by atomic mass is 35.5. The lowest BCUT2D eigenvalue weighted by atomic mass is 10.2. The maximum atomic E-state index is 10.9. The molecule has 0 spiro atoms. The first-order valence-corrected chi connectivity index (χ1v) is 7.88. The highest BCUT2D eigenvalue weighted by Crippen LogP contribution is 2.29. The lowest BCUT2D eigenvalue weighted by Gasteiger charge is -2.23. The van der Waals surface area contributed by atoms with Gasteiger partial charge in [0.25, 0.3) is 0 Å². The molecule has 0 aliphatic heterocycles. The van der Waals surface area contributed by atoms with E-state index >= 15 is 0 Å². The second-order valence-electron chi connectivity index (χ2n) is 5.00. The Hall–Kier alpha value is -1.43. The topological polar surface area (TPSA) is 53.4 Å². The Balaban J connectivity index is 2.16. The molecule has 21 heavy (non-hydrogen) atoms. The van der Waals surface area contributed by atoms with Crippen LogP contribution >= 0.6 is 22.9 Å². The second kappa shape index (κ2) is 7.02. The number of hydrogen-bond acceptors (Lipinski definition) is 4. The summed E-state index contributed by atoms with van der Waals surface area (Å²) >= 11 is 7.69. The molecule has 0 amide bonds. The Morgan fingerprint density at radius 2 is 2.14 bits per heavy atom. The molecule has 0 unspecified atom stereocenters. The molecule has 0 saturated carbocycles. The quantitative estimate of drug-likeness (QED) is 0.879. The van der Waals surface area contributed by atoms with Crippen LogP contribution in [0.2, 0.25) is 5.02 Å². The van der Waals surface area contributed by atoms with Crippen molar-refractivity contribution in [3.8, 4) is 11.3 Å². The molecule has 6 heteroatoms. The summed E-state index contributed by atoms with van der Waals surface area (Å²) in [5.74, 6) is -0.827. The van der Waals surface area contributed by atoms with E-state index in [0.29, 0.717) is 11.6 Å². The smallest absolute Gasteiger partial charge is 0.317 e. The average molecular weight is 325 g/mol. The van der Waals surface area contributed by atoms with Crippen molar-refractivity contribution in [1.29, 1.82) is 0 Å². The number of aliphatic carboxylic acids is 1. The summed E-state index contributed by atoms with van der Waals surface area (Å²) in [5, 5.41) is 12.5. The SMILES string of the molecule is CC(C)N(CC(=O)O)Cc1nc(-c2ccccc2Cl)cs1. The van der Waals surface area contributed by atoms with Crippen LogP contribution in [0.5, 0.6) is 0 Å². The fourth-order valence-electron chi connectivity index (χ4n) is 1.94. The predicted octanol–water partition coefficient (Wildman–Crippen LogP) is 3.76. The number of aromatic nitrogens is 1. The van der Waals surface area contributed by atoms with Crippen LogP contribution in [-0.2, 0) is 11.3 Å². The van der Waals surface area contributed by atoms with Gasteiger partial charge in [0.1, 0.15) is 5.01 Å². The minimum atomic E-state index is -0.827. The molecule has 1 aromatic heterocycles. The lowest BCUT2D eigenvalue weighted by Crippen LogP contribution is -2.35. The van der Waals surface area contributed by atoms with Crippen molar-refractivity contribution in [1.82, 2.24) is 9.88 Å². The number of nitrogens with zero attached hydrogens (tertiary/aromatic N) is 2. The van der Waals surface area contributed by atoms with Gasteiger partial charge in [0.2, 0.25) is 0 Å². The minimum Gasteiger partial charge on any atom is -0.480 e. The molecule has 1 N–H and O–H groups in total. The Bertz CT molecular complexity index is 628. The van der Waals surface area contributed by atoms with Crippen LogP contribution in [0.1, 0.15) is 18.9 Å². The molecule has 0 aliphatic carbocycles. The second-order valence-corrected chi connectivity index (χ2v) is 6.35. The van der Waals surface area contributed by atoms with E-state index in [-0.39, 0.29) is 12.6 Å². The molecule has 0 saturated heterocycles. The van der Waals surface area contributed by atoms with Gasteiger partial charge in [-0.15, -0.1) is 11.3 Å². The number of thiazole rings is 1. The van der Waals surface area contributed by atoms with Gasteiger partial charge in [-0.2, -0.15) is 0 Å². The third-order valence-electron chi connectivity index (χ3n) is 3.11. The summed E-state index contributed by atoms with van der Waals surface area (Å²) in [7, 11) is 0. The number of carbonyl (C=O) groups is 1. The van der Waals surface area contributed by atoms with Gasteiger partial charge in [0.15, 0.2) is 0 Å². The number of carboxylic acid groups (broad SMARTS) is 1. The zero-order valence-electron chi connectivity index (χ0n) is 11.9. The summed E-state index contributed by atoms with van der Waals surface area (Å²) < 4.78 is 0. The number of rotatable bonds is 6. The predicted molar refractivity (Wildman–Crippen MR) is 85.7 cm³/mol. The van der Waals surface area contributed by atoms with Crippen LogP contribution < -0.4 is 0 Å². The third-order valence-corrected chi connectivity index (χ3v) is 4.27. The van der Waals surface area contributed by atoms with Crippen LogP contribution in [0, 0.1) is 0 Å². The minimum absolute atomic E-state index is 0.0126. The number of benzene rings is 1. The summed E-state index contributed by atoms with van der Waals surface area (Å²) in [6.07, 6.45) is 0. The third kappa shape index (κ3) is 4.27. The first kappa shape index (κ1) is 15.9. The van der Waals surface area contributed by atoms with Crippen molar-refractivity contribution >= 4 is 28.9 Å². The molecule has 2 rings (SSSR count). The van der Waals surface area contributed by atoms with E-state index in [2.05, 4.69) is 4.98 Å². The van der Waals surface area contributed by atoms with E-state index < -0.39 is 5.97 Å². The first-order chi connectivity index (χ1) is 9.97. The molecule has 4 nitrogen and oxygen atoms in total. The highest BCUT2D eigenvalue weighted by molar-refractivity contribution is 7.09. The van der Waals surface area contributed by atoms with E-state index in [1.807, 2.05) is 48.4 Å². The van der Waals surface area contributed by atoms with Crippen LogP contribution in [0.4, 0.5) is 0 Å². The zero-order chi connectivity index (χ0) is 15.4. The van der Waals surface area contributed by atoms with Gasteiger partial charge in [-0.05, 0) is 19.9 Å². The van der Waals surface area contributed by atoms with Gasteiger partial charge < -0.3 is 5.11 Å². The zero-order valence-corrected chi connectivity index (χ0v) is 13.5. The van der Waals surface area contributed by atoms with E-state index in [0.717, 1.165) is 16.3 Å². The average Bonchev–Trinajstić information content (AvgIpc) is 2.86. The van der Waals surface area contributed by atoms with Crippen molar-refractivity contribution in [2.24, 2.45) is 0 Å². The van der Waals surface area contributed by atoms with Crippen LogP contribution in [-0.4, -0.2) is 33.5 Å². The number of carboxylic acids is 1. The fraction of sp³-hybridized carbons (Fsp3) is 0.333. The first-order valence-electron chi connectivity index (χ1n) is 6.62.